The molecule has 0 radical (unpaired) electrons. The van der Waals surface area contributed by atoms with Gasteiger partial charge in [-0.2, -0.15) is 5.10 Å². The zero-order valence-corrected chi connectivity index (χ0v) is 8.49. The standard InChI is InChI=1S/C11H16N2/c1-4-7-10-9-13(6-3)12-11(10)8-5-2/h4-5,7-9H,6H2,1-3H3/b7-4-,8-5-. The lowest BCUT2D eigenvalue weighted by Crippen LogP contribution is -1.93. The number of aromatic nitrogens is 2. The van der Waals surface area contributed by atoms with Gasteiger partial charge in [-0.15, -0.1) is 0 Å². The fourth-order valence-corrected chi connectivity index (χ4v) is 1.21. The molecule has 0 aliphatic rings. The van der Waals surface area contributed by atoms with Crippen molar-refractivity contribution in [3.63, 3.8) is 0 Å². The molecule has 0 atom stereocenters. The predicted molar refractivity (Wildman–Crippen MR) is 57.3 cm³/mol. The molecule has 13 heavy (non-hydrogen) atoms. The summed E-state index contributed by atoms with van der Waals surface area (Å²) in [5.41, 5.74) is 2.23. The molecule has 0 saturated carbocycles. The number of nitrogens with zero attached hydrogens (tertiary/aromatic N) is 2. The van der Waals surface area contributed by atoms with Gasteiger partial charge in [-0.25, -0.2) is 0 Å². The summed E-state index contributed by atoms with van der Waals surface area (Å²) < 4.78 is 1.95. The number of allylic oxidation sites excluding steroid dienone is 2. The van der Waals surface area contributed by atoms with E-state index in [1.54, 1.807) is 0 Å². The first-order chi connectivity index (χ1) is 6.31. The zero-order chi connectivity index (χ0) is 9.68. The monoisotopic (exact) mass is 176 g/mol. The van der Waals surface area contributed by atoms with E-state index in [0.29, 0.717) is 0 Å². The Balaban J connectivity index is 3.07. The fraction of sp³-hybridized carbons (Fsp3) is 0.364. The van der Waals surface area contributed by atoms with Crippen LogP contribution in [0, 0.1) is 0 Å². The number of hydrogen-bond donors (Lipinski definition) is 0. The Hall–Kier alpha value is -1.31. The minimum Gasteiger partial charge on any atom is -0.272 e. The topological polar surface area (TPSA) is 17.8 Å². The summed E-state index contributed by atoms with van der Waals surface area (Å²) >= 11 is 0. The third-order valence-corrected chi connectivity index (χ3v) is 1.81. The number of hydrogen-bond acceptors (Lipinski definition) is 1. The summed E-state index contributed by atoms with van der Waals surface area (Å²) in [5, 5.41) is 4.42. The summed E-state index contributed by atoms with van der Waals surface area (Å²) in [6.45, 7) is 7.03. The van der Waals surface area contributed by atoms with Gasteiger partial charge in [-0.1, -0.05) is 18.2 Å². The molecule has 0 N–H and O–H groups in total. The average Bonchev–Trinajstić information content (AvgIpc) is 2.50. The highest BCUT2D eigenvalue weighted by atomic mass is 15.3. The second-order valence-corrected chi connectivity index (χ2v) is 2.83. The van der Waals surface area contributed by atoms with Gasteiger partial charge in [-0.3, -0.25) is 4.68 Å². The zero-order valence-electron chi connectivity index (χ0n) is 8.49. The first-order valence-corrected chi connectivity index (χ1v) is 4.64. The van der Waals surface area contributed by atoms with Crippen LogP contribution in [0.2, 0.25) is 0 Å². The molecule has 0 bridgehead atoms. The van der Waals surface area contributed by atoms with Crippen molar-refractivity contribution in [2.75, 3.05) is 0 Å². The quantitative estimate of drug-likeness (QED) is 0.692. The Morgan fingerprint density at radius 1 is 1.31 bits per heavy atom. The van der Waals surface area contributed by atoms with Gasteiger partial charge in [0.1, 0.15) is 0 Å². The van der Waals surface area contributed by atoms with Crippen LogP contribution in [-0.2, 0) is 6.54 Å². The van der Waals surface area contributed by atoms with E-state index in [1.807, 2.05) is 36.8 Å². The Labute approximate surface area is 79.6 Å². The Kier molecular flexibility index (Phi) is 3.50. The molecule has 0 spiro atoms. The first kappa shape index (κ1) is 9.78. The van der Waals surface area contributed by atoms with E-state index >= 15 is 0 Å². The predicted octanol–water partition coefficient (Wildman–Crippen LogP) is 2.97. The van der Waals surface area contributed by atoms with E-state index in [2.05, 4.69) is 24.3 Å². The van der Waals surface area contributed by atoms with Gasteiger partial charge in [0.25, 0.3) is 0 Å². The second-order valence-electron chi connectivity index (χ2n) is 2.83. The average molecular weight is 176 g/mol. The van der Waals surface area contributed by atoms with Gasteiger partial charge >= 0.3 is 0 Å². The summed E-state index contributed by atoms with van der Waals surface area (Å²) in [6, 6.07) is 0. The van der Waals surface area contributed by atoms with Gasteiger partial charge < -0.3 is 0 Å². The maximum atomic E-state index is 4.42. The molecule has 0 fully saturated rings. The molecule has 2 heteroatoms. The molecule has 0 aliphatic carbocycles. The lowest BCUT2D eigenvalue weighted by molar-refractivity contribution is 0.658. The van der Waals surface area contributed by atoms with Gasteiger partial charge in [0.15, 0.2) is 0 Å². The molecule has 70 valence electrons. The van der Waals surface area contributed by atoms with E-state index in [0.717, 1.165) is 12.2 Å². The molecular formula is C11H16N2. The number of rotatable bonds is 3. The van der Waals surface area contributed by atoms with Gasteiger partial charge in [-0.05, 0) is 26.8 Å². The summed E-state index contributed by atoms with van der Waals surface area (Å²) in [6.07, 6.45) is 10.2. The molecule has 1 rings (SSSR count). The van der Waals surface area contributed by atoms with Crippen molar-refractivity contribution in [3.05, 3.63) is 29.6 Å². The van der Waals surface area contributed by atoms with Crippen LogP contribution in [0.3, 0.4) is 0 Å². The molecule has 1 aromatic rings. The second kappa shape index (κ2) is 4.65. The Bertz CT molecular complexity index is 289. The Morgan fingerprint density at radius 3 is 2.54 bits per heavy atom. The van der Waals surface area contributed by atoms with E-state index in [-0.39, 0.29) is 0 Å². The van der Waals surface area contributed by atoms with Gasteiger partial charge in [0, 0.05) is 18.3 Å². The van der Waals surface area contributed by atoms with Crippen molar-refractivity contribution < 1.29 is 0 Å². The smallest absolute Gasteiger partial charge is 0.0919 e. The van der Waals surface area contributed by atoms with Crippen LogP contribution in [0.15, 0.2) is 18.3 Å². The third kappa shape index (κ3) is 2.31. The summed E-state index contributed by atoms with van der Waals surface area (Å²) in [7, 11) is 0. The molecule has 2 nitrogen and oxygen atoms in total. The number of aryl methyl sites for hydroxylation is 1. The molecule has 1 aromatic heterocycles. The van der Waals surface area contributed by atoms with E-state index in [9.17, 15) is 0 Å². The van der Waals surface area contributed by atoms with Crippen molar-refractivity contribution in [3.8, 4) is 0 Å². The molecule has 0 unspecified atom stereocenters. The van der Waals surface area contributed by atoms with Crippen LogP contribution in [-0.4, -0.2) is 9.78 Å². The lowest BCUT2D eigenvalue weighted by Gasteiger charge is -1.89. The van der Waals surface area contributed by atoms with Crippen molar-refractivity contribution in [2.45, 2.75) is 27.3 Å². The van der Waals surface area contributed by atoms with Crippen LogP contribution in [0.25, 0.3) is 12.2 Å². The molecule has 0 saturated heterocycles. The lowest BCUT2D eigenvalue weighted by atomic mass is 10.2. The van der Waals surface area contributed by atoms with Crippen molar-refractivity contribution >= 4 is 12.2 Å². The minimum absolute atomic E-state index is 0.919. The molecule has 1 heterocycles. The van der Waals surface area contributed by atoms with Crippen LogP contribution in [0.5, 0.6) is 0 Å². The minimum atomic E-state index is 0.919. The van der Waals surface area contributed by atoms with Crippen molar-refractivity contribution in [1.29, 1.82) is 0 Å². The van der Waals surface area contributed by atoms with Gasteiger partial charge in [0.05, 0.1) is 5.69 Å². The van der Waals surface area contributed by atoms with Crippen LogP contribution >= 0.6 is 0 Å². The van der Waals surface area contributed by atoms with Crippen LogP contribution in [0.1, 0.15) is 32.0 Å². The van der Waals surface area contributed by atoms with Crippen molar-refractivity contribution in [1.82, 2.24) is 9.78 Å². The maximum Gasteiger partial charge on any atom is 0.0919 e. The largest absolute Gasteiger partial charge is 0.272 e. The summed E-state index contributed by atoms with van der Waals surface area (Å²) in [4.78, 5) is 0. The van der Waals surface area contributed by atoms with Crippen LogP contribution < -0.4 is 0 Å². The SMILES string of the molecule is C/C=C\c1cn(CC)nc1/C=C\C. The van der Waals surface area contributed by atoms with Crippen LogP contribution in [0.4, 0.5) is 0 Å². The highest BCUT2D eigenvalue weighted by molar-refractivity contribution is 5.61. The third-order valence-electron chi connectivity index (χ3n) is 1.81. The molecule has 0 aliphatic heterocycles. The van der Waals surface area contributed by atoms with Crippen molar-refractivity contribution in [2.24, 2.45) is 0 Å². The summed E-state index contributed by atoms with van der Waals surface area (Å²) in [5.74, 6) is 0. The normalized spacial score (nSPS) is 11.9. The highest BCUT2D eigenvalue weighted by Crippen LogP contribution is 2.10. The van der Waals surface area contributed by atoms with E-state index in [1.165, 1.54) is 5.56 Å². The first-order valence-electron chi connectivity index (χ1n) is 4.64. The van der Waals surface area contributed by atoms with Gasteiger partial charge in [0.2, 0.25) is 0 Å². The maximum absolute atomic E-state index is 4.42. The fourth-order valence-electron chi connectivity index (χ4n) is 1.21. The van der Waals surface area contributed by atoms with E-state index < -0.39 is 0 Å². The highest BCUT2D eigenvalue weighted by Gasteiger charge is 2.00. The molecule has 0 amide bonds. The molecular weight excluding hydrogens is 160 g/mol. The Morgan fingerprint density at radius 2 is 2.00 bits per heavy atom. The van der Waals surface area contributed by atoms with E-state index in [4.69, 9.17) is 0 Å². The molecule has 0 aromatic carbocycles.